The Hall–Kier alpha value is -2.24. The largest absolute Gasteiger partial charge is 0.493 e. The maximum absolute atomic E-state index is 12.3. The van der Waals surface area contributed by atoms with E-state index in [9.17, 15) is 9.59 Å². The first-order valence-electron chi connectivity index (χ1n) is 8.39. The number of benzene rings is 1. The summed E-state index contributed by atoms with van der Waals surface area (Å²) in [5, 5.41) is 12.1. The van der Waals surface area contributed by atoms with Gasteiger partial charge in [-0.05, 0) is 38.0 Å². The molecule has 0 spiro atoms. The first-order valence-corrected chi connectivity index (χ1v) is 8.39. The van der Waals surface area contributed by atoms with E-state index in [4.69, 9.17) is 14.6 Å². The highest BCUT2D eigenvalue weighted by molar-refractivity contribution is 5.88. The average Bonchev–Trinajstić information content (AvgIpc) is 2.83. The second-order valence-corrected chi connectivity index (χ2v) is 6.13. The van der Waals surface area contributed by atoms with E-state index in [1.165, 1.54) is 38.2 Å². The summed E-state index contributed by atoms with van der Waals surface area (Å²) in [6, 6.07) is 4.53. The van der Waals surface area contributed by atoms with Gasteiger partial charge in [-0.2, -0.15) is 0 Å². The van der Waals surface area contributed by atoms with Crippen molar-refractivity contribution in [3.63, 3.8) is 0 Å². The zero-order chi connectivity index (χ0) is 17.5. The van der Waals surface area contributed by atoms with E-state index in [2.05, 4.69) is 5.32 Å². The number of hydrogen-bond donors (Lipinski definition) is 2. The van der Waals surface area contributed by atoms with Crippen LogP contribution < -0.4 is 14.8 Å². The lowest BCUT2D eigenvalue weighted by Crippen LogP contribution is -2.42. The van der Waals surface area contributed by atoms with Crippen molar-refractivity contribution in [1.82, 2.24) is 5.32 Å². The molecule has 1 amide bonds. The Morgan fingerprint density at radius 3 is 2.42 bits per heavy atom. The monoisotopic (exact) mass is 335 g/mol. The van der Waals surface area contributed by atoms with Gasteiger partial charge in [-0.15, -0.1) is 0 Å². The van der Waals surface area contributed by atoms with Crippen molar-refractivity contribution in [2.24, 2.45) is 0 Å². The van der Waals surface area contributed by atoms with Crippen LogP contribution in [0.4, 0.5) is 0 Å². The molecule has 1 aromatic carbocycles. The molecule has 0 heterocycles. The molecule has 1 atom stereocenters. The lowest BCUT2D eigenvalue weighted by atomic mass is 10.1. The molecule has 6 heteroatoms. The van der Waals surface area contributed by atoms with Crippen molar-refractivity contribution < 1.29 is 24.2 Å². The molecular formula is C18H25NO5. The predicted molar refractivity (Wildman–Crippen MR) is 89.7 cm³/mol. The van der Waals surface area contributed by atoms with Gasteiger partial charge < -0.3 is 19.9 Å². The van der Waals surface area contributed by atoms with Gasteiger partial charge in [0, 0.05) is 6.04 Å². The van der Waals surface area contributed by atoms with Crippen LogP contribution in [0.25, 0.3) is 0 Å². The Balaban J connectivity index is 1.98. The van der Waals surface area contributed by atoms with Crippen molar-refractivity contribution in [3.05, 3.63) is 23.8 Å². The summed E-state index contributed by atoms with van der Waals surface area (Å²) < 4.78 is 10.8. The third-order valence-corrected chi connectivity index (χ3v) is 4.29. The number of nitrogens with one attached hydrogen (secondary N) is 1. The van der Waals surface area contributed by atoms with E-state index in [-0.39, 0.29) is 17.5 Å². The highest BCUT2D eigenvalue weighted by atomic mass is 16.5. The highest BCUT2D eigenvalue weighted by Gasteiger charge is 2.21. The van der Waals surface area contributed by atoms with Crippen LogP contribution in [0, 0.1) is 0 Å². The summed E-state index contributed by atoms with van der Waals surface area (Å²) in [6.07, 6.45) is 6.08. The van der Waals surface area contributed by atoms with Crippen LogP contribution >= 0.6 is 0 Å². The Bertz CT molecular complexity index is 579. The summed E-state index contributed by atoms with van der Waals surface area (Å²) in [7, 11) is 1.43. The van der Waals surface area contributed by atoms with Crippen LogP contribution in [0.3, 0.4) is 0 Å². The molecule has 1 aromatic rings. The first-order chi connectivity index (χ1) is 11.5. The number of rotatable bonds is 6. The van der Waals surface area contributed by atoms with E-state index in [1.54, 1.807) is 6.92 Å². The van der Waals surface area contributed by atoms with Gasteiger partial charge in [0.25, 0.3) is 5.91 Å². The number of carboxylic acid groups (broad SMARTS) is 1. The van der Waals surface area contributed by atoms with E-state index >= 15 is 0 Å². The molecule has 2 rings (SSSR count). The lowest BCUT2D eigenvalue weighted by Gasteiger charge is -2.21. The van der Waals surface area contributed by atoms with E-state index in [0.717, 1.165) is 25.7 Å². The molecule has 0 unspecified atom stereocenters. The summed E-state index contributed by atoms with van der Waals surface area (Å²) in [5.74, 6) is -0.555. The molecule has 132 valence electrons. The first kappa shape index (κ1) is 18.1. The SMILES string of the molecule is COc1cc(C(=O)O)ccc1O[C@H](C)C(=O)NC1CCCCCC1. The van der Waals surface area contributed by atoms with Crippen LogP contribution in [-0.4, -0.2) is 36.2 Å². The number of amides is 1. The van der Waals surface area contributed by atoms with Gasteiger partial charge in [-0.1, -0.05) is 25.7 Å². The molecule has 0 bridgehead atoms. The molecule has 6 nitrogen and oxygen atoms in total. The third-order valence-electron chi connectivity index (χ3n) is 4.29. The van der Waals surface area contributed by atoms with Crippen molar-refractivity contribution in [2.45, 2.75) is 57.6 Å². The van der Waals surface area contributed by atoms with Gasteiger partial charge in [-0.25, -0.2) is 4.79 Å². The van der Waals surface area contributed by atoms with Gasteiger partial charge in [0.05, 0.1) is 12.7 Å². The van der Waals surface area contributed by atoms with E-state index in [1.807, 2.05) is 0 Å². The molecule has 0 aliphatic heterocycles. The maximum atomic E-state index is 12.3. The van der Waals surface area contributed by atoms with E-state index < -0.39 is 12.1 Å². The molecule has 0 radical (unpaired) electrons. The Morgan fingerprint density at radius 2 is 1.83 bits per heavy atom. The Morgan fingerprint density at radius 1 is 1.17 bits per heavy atom. The van der Waals surface area contributed by atoms with Crippen molar-refractivity contribution in [1.29, 1.82) is 0 Å². The topological polar surface area (TPSA) is 84.9 Å². The van der Waals surface area contributed by atoms with Crippen molar-refractivity contribution >= 4 is 11.9 Å². The molecule has 24 heavy (non-hydrogen) atoms. The fraction of sp³-hybridized carbons (Fsp3) is 0.556. The zero-order valence-electron chi connectivity index (χ0n) is 14.2. The molecule has 1 saturated carbocycles. The molecule has 0 saturated heterocycles. The minimum atomic E-state index is -1.04. The number of hydrogen-bond acceptors (Lipinski definition) is 4. The maximum Gasteiger partial charge on any atom is 0.335 e. The average molecular weight is 335 g/mol. The van der Waals surface area contributed by atoms with Gasteiger partial charge in [0.15, 0.2) is 17.6 Å². The molecule has 1 fully saturated rings. The molecule has 1 aliphatic rings. The summed E-state index contributed by atoms with van der Waals surface area (Å²) in [6.45, 7) is 1.68. The number of aromatic carboxylic acids is 1. The fourth-order valence-corrected chi connectivity index (χ4v) is 2.88. The van der Waals surface area contributed by atoms with Crippen LogP contribution in [-0.2, 0) is 4.79 Å². The Labute approximate surface area is 142 Å². The zero-order valence-corrected chi connectivity index (χ0v) is 14.2. The minimum absolute atomic E-state index is 0.106. The number of carboxylic acids is 1. The molecular weight excluding hydrogens is 310 g/mol. The number of carbonyl (C=O) groups is 2. The highest BCUT2D eigenvalue weighted by Crippen LogP contribution is 2.29. The lowest BCUT2D eigenvalue weighted by molar-refractivity contribution is -0.128. The summed E-state index contributed by atoms with van der Waals surface area (Å²) >= 11 is 0. The number of carbonyl (C=O) groups excluding carboxylic acids is 1. The predicted octanol–water partition coefficient (Wildman–Crippen LogP) is 3.00. The molecule has 1 aliphatic carbocycles. The quantitative estimate of drug-likeness (QED) is 0.781. The second kappa shape index (κ2) is 8.57. The van der Waals surface area contributed by atoms with Gasteiger partial charge >= 0.3 is 5.97 Å². The van der Waals surface area contributed by atoms with Gasteiger partial charge in [-0.3, -0.25) is 4.79 Å². The number of ether oxygens (including phenoxy) is 2. The smallest absolute Gasteiger partial charge is 0.335 e. The summed E-state index contributed by atoms with van der Waals surface area (Å²) in [5.41, 5.74) is 0.106. The standard InChI is InChI=1S/C18H25NO5/c1-12(17(20)19-14-7-5-3-4-6-8-14)24-15-10-9-13(18(21)22)11-16(15)23-2/h9-12,14H,3-8H2,1-2H3,(H,19,20)(H,21,22)/t12-/m1/s1. The van der Waals surface area contributed by atoms with Crippen LogP contribution in [0.15, 0.2) is 18.2 Å². The summed E-state index contributed by atoms with van der Waals surface area (Å²) in [4.78, 5) is 23.3. The normalized spacial score (nSPS) is 16.8. The van der Waals surface area contributed by atoms with Crippen LogP contribution in [0.2, 0.25) is 0 Å². The fourth-order valence-electron chi connectivity index (χ4n) is 2.88. The van der Waals surface area contributed by atoms with Crippen LogP contribution in [0.5, 0.6) is 11.5 Å². The third kappa shape index (κ3) is 4.88. The minimum Gasteiger partial charge on any atom is -0.493 e. The second-order valence-electron chi connectivity index (χ2n) is 6.13. The van der Waals surface area contributed by atoms with Crippen molar-refractivity contribution in [2.75, 3.05) is 7.11 Å². The van der Waals surface area contributed by atoms with Crippen LogP contribution in [0.1, 0.15) is 55.8 Å². The number of methoxy groups -OCH3 is 1. The van der Waals surface area contributed by atoms with Gasteiger partial charge in [0.2, 0.25) is 0 Å². The molecule has 2 N–H and O–H groups in total. The Kier molecular flexibility index (Phi) is 6.46. The van der Waals surface area contributed by atoms with Crippen molar-refractivity contribution in [3.8, 4) is 11.5 Å². The van der Waals surface area contributed by atoms with E-state index in [0.29, 0.717) is 11.5 Å². The molecule has 0 aromatic heterocycles. The van der Waals surface area contributed by atoms with Gasteiger partial charge in [0.1, 0.15) is 0 Å².